The number of piperidine rings is 1. The third kappa shape index (κ3) is 2.16. The minimum absolute atomic E-state index is 0.266. The Morgan fingerprint density at radius 1 is 1.32 bits per heavy atom. The van der Waals surface area contributed by atoms with Crippen LogP contribution >= 0.6 is 0 Å². The van der Waals surface area contributed by atoms with Gasteiger partial charge in [-0.05, 0) is 29.9 Å². The lowest BCUT2D eigenvalue weighted by Crippen LogP contribution is -2.53. The maximum absolute atomic E-state index is 12.8. The minimum Gasteiger partial charge on any atom is -0.361 e. The molecule has 1 aromatic heterocycles. The van der Waals surface area contributed by atoms with Gasteiger partial charge in [0.1, 0.15) is 0 Å². The van der Waals surface area contributed by atoms with Gasteiger partial charge < -0.3 is 9.88 Å². The molecule has 3 unspecified atom stereocenters. The normalized spacial score (nSPS) is 26.8. The molecule has 22 heavy (non-hydrogen) atoms. The molecule has 0 spiro atoms. The maximum atomic E-state index is 12.8. The molecule has 3 heteroatoms. The van der Waals surface area contributed by atoms with E-state index in [0.29, 0.717) is 24.3 Å². The Labute approximate surface area is 131 Å². The van der Waals surface area contributed by atoms with E-state index >= 15 is 0 Å². The van der Waals surface area contributed by atoms with E-state index < -0.39 is 0 Å². The number of fused-ring (bicyclic) bond motifs is 3. The fraction of sp³-hybridized carbons (Fsp3) is 0.421. The predicted molar refractivity (Wildman–Crippen MR) is 88.5 cm³/mol. The number of carbonyl (C=O) groups excluding carboxylic acids is 1. The molecule has 1 amide bonds. The number of H-pyrrole nitrogens is 1. The number of benzene rings is 1. The topological polar surface area (TPSA) is 36.1 Å². The van der Waals surface area contributed by atoms with Crippen LogP contribution in [-0.2, 0) is 11.2 Å². The van der Waals surface area contributed by atoms with E-state index in [1.165, 1.54) is 11.8 Å². The van der Waals surface area contributed by atoms with Crippen LogP contribution in [0.25, 0.3) is 10.9 Å². The van der Waals surface area contributed by atoms with Gasteiger partial charge in [0, 0.05) is 23.6 Å². The van der Waals surface area contributed by atoms with Crippen molar-refractivity contribution >= 4 is 16.8 Å². The van der Waals surface area contributed by atoms with Crippen LogP contribution in [0.3, 0.4) is 0 Å². The minimum atomic E-state index is 0.266. The summed E-state index contributed by atoms with van der Waals surface area (Å²) >= 11 is 0. The SMILES string of the molecule is CCC1CC2C=CC1N(C(=O)Cc1c[nH]c3ccccc13)C2. The Balaban J connectivity index is 1.56. The van der Waals surface area contributed by atoms with Crippen molar-refractivity contribution in [2.24, 2.45) is 11.8 Å². The number of aromatic amines is 1. The molecule has 1 N–H and O–H groups in total. The Kier molecular flexibility index (Phi) is 3.29. The molecule has 3 heterocycles. The van der Waals surface area contributed by atoms with Crippen molar-refractivity contribution in [2.75, 3.05) is 6.54 Å². The summed E-state index contributed by atoms with van der Waals surface area (Å²) in [5, 5.41) is 1.17. The molecule has 1 saturated heterocycles. The number of aromatic nitrogens is 1. The van der Waals surface area contributed by atoms with E-state index in [1.807, 2.05) is 18.3 Å². The number of amides is 1. The first-order valence-corrected chi connectivity index (χ1v) is 8.29. The van der Waals surface area contributed by atoms with E-state index in [0.717, 1.165) is 24.0 Å². The van der Waals surface area contributed by atoms with Gasteiger partial charge in [-0.15, -0.1) is 0 Å². The Hall–Kier alpha value is -2.03. The smallest absolute Gasteiger partial charge is 0.227 e. The summed E-state index contributed by atoms with van der Waals surface area (Å²) < 4.78 is 0. The number of nitrogens with one attached hydrogen (secondary N) is 1. The highest BCUT2D eigenvalue weighted by molar-refractivity contribution is 5.89. The lowest BCUT2D eigenvalue weighted by atomic mass is 9.76. The zero-order chi connectivity index (χ0) is 15.1. The third-order valence-corrected chi connectivity index (χ3v) is 5.32. The van der Waals surface area contributed by atoms with Crippen LogP contribution in [0.15, 0.2) is 42.6 Å². The van der Waals surface area contributed by atoms with Crippen molar-refractivity contribution in [1.29, 1.82) is 0 Å². The van der Waals surface area contributed by atoms with Crippen molar-refractivity contribution < 1.29 is 4.79 Å². The van der Waals surface area contributed by atoms with Gasteiger partial charge in [0.15, 0.2) is 0 Å². The van der Waals surface area contributed by atoms with Crippen LogP contribution < -0.4 is 0 Å². The molecule has 1 aromatic carbocycles. The zero-order valence-electron chi connectivity index (χ0n) is 13.0. The molecule has 1 aliphatic carbocycles. The number of carbonyl (C=O) groups is 1. The van der Waals surface area contributed by atoms with Gasteiger partial charge in [-0.2, -0.15) is 0 Å². The first-order valence-electron chi connectivity index (χ1n) is 8.29. The van der Waals surface area contributed by atoms with Crippen molar-refractivity contribution in [2.45, 2.75) is 32.2 Å². The summed E-state index contributed by atoms with van der Waals surface area (Å²) in [6.07, 6.45) is 9.46. The fourth-order valence-corrected chi connectivity index (χ4v) is 4.12. The van der Waals surface area contributed by atoms with Crippen molar-refractivity contribution in [3.05, 3.63) is 48.2 Å². The van der Waals surface area contributed by atoms with E-state index in [-0.39, 0.29) is 5.91 Å². The largest absolute Gasteiger partial charge is 0.361 e. The molecule has 0 radical (unpaired) electrons. The standard InChI is InChI=1S/C19H22N2O/c1-2-14-9-13-7-8-18(14)21(12-13)19(22)10-15-11-20-17-6-4-3-5-16(15)17/h3-8,11,13-14,18,20H,2,9-10,12H2,1H3. The molecule has 0 saturated carbocycles. The lowest BCUT2D eigenvalue weighted by Gasteiger charge is -2.46. The van der Waals surface area contributed by atoms with Gasteiger partial charge in [0.2, 0.25) is 5.91 Å². The molecule has 3 nitrogen and oxygen atoms in total. The van der Waals surface area contributed by atoms with Crippen LogP contribution in [0, 0.1) is 11.8 Å². The molecule has 2 aliphatic heterocycles. The first kappa shape index (κ1) is 13.6. The third-order valence-electron chi connectivity index (χ3n) is 5.32. The molecular formula is C19H22N2O. The quantitative estimate of drug-likeness (QED) is 0.864. The zero-order valence-corrected chi connectivity index (χ0v) is 13.0. The maximum Gasteiger partial charge on any atom is 0.227 e. The molecular weight excluding hydrogens is 272 g/mol. The summed E-state index contributed by atoms with van der Waals surface area (Å²) in [7, 11) is 0. The second kappa shape index (κ2) is 5.31. The average molecular weight is 294 g/mol. The van der Waals surface area contributed by atoms with Crippen molar-refractivity contribution in [1.82, 2.24) is 9.88 Å². The van der Waals surface area contributed by atoms with Gasteiger partial charge >= 0.3 is 0 Å². The molecule has 3 atom stereocenters. The number of rotatable bonds is 3. The van der Waals surface area contributed by atoms with Crippen LogP contribution in [0.4, 0.5) is 0 Å². The van der Waals surface area contributed by atoms with Crippen LogP contribution in [0.5, 0.6) is 0 Å². The molecule has 2 bridgehead atoms. The van der Waals surface area contributed by atoms with E-state index in [1.54, 1.807) is 0 Å². The Morgan fingerprint density at radius 2 is 2.18 bits per heavy atom. The molecule has 2 aromatic rings. The van der Waals surface area contributed by atoms with Crippen molar-refractivity contribution in [3.63, 3.8) is 0 Å². The summed E-state index contributed by atoms with van der Waals surface area (Å²) in [6, 6.07) is 8.51. The average Bonchev–Trinajstić information content (AvgIpc) is 2.98. The van der Waals surface area contributed by atoms with Gasteiger partial charge in [0.25, 0.3) is 0 Å². The molecule has 3 aliphatic rings. The molecule has 5 rings (SSSR count). The highest BCUT2D eigenvalue weighted by atomic mass is 16.2. The van der Waals surface area contributed by atoms with E-state index in [2.05, 4.69) is 41.1 Å². The summed E-state index contributed by atoms with van der Waals surface area (Å²) in [5.74, 6) is 1.46. The molecule has 1 fully saturated rings. The second-order valence-corrected chi connectivity index (χ2v) is 6.62. The van der Waals surface area contributed by atoms with Crippen molar-refractivity contribution in [3.8, 4) is 0 Å². The summed E-state index contributed by atoms with van der Waals surface area (Å²) in [6.45, 7) is 3.14. The van der Waals surface area contributed by atoms with Gasteiger partial charge in [-0.25, -0.2) is 0 Å². The molecule has 114 valence electrons. The fourth-order valence-electron chi connectivity index (χ4n) is 4.12. The van der Waals surface area contributed by atoms with Gasteiger partial charge in [-0.3, -0.25) is 4.79 Å². The number of para-hydroxylation sites is 1. The second-order valence-electron chi connectivity index (χ2n) is 6.62. The number of hydrogen-bond donors (Lipinski definition) is 1. The van der Waals surface area contributed by atoms with Crippen LogP contribution in [0.1, 0.15) is 25.3 Å². The number of nitrogens with zero attached hydrogens (tertiary/aromatic N) is 1. The lowest BCUT2D eigenvalue weighted by molar-refractivity contribution is -0.135. The highest BCUT2D eigenvalue weighted by Crippen LogP contribution is 2.36. The highest BCUT2D eigenvalue weighted by Gasteiger charge is 2.38. The summed E-state index contributed by atoms with van der Waals surface area (Å²) in [5.41, 5.74) is 2.22. The number of hydrogen-bond acceptors (Lipinski definition) is 1. The summed E-state index contributed by atoms with van der Waals surface area (Å²) in [4.78, 5) is 18.2. The van der Waals surface area contributed by atoms with E-state index in [9.17, 15) is 4.79 Å². The van der Waals surface area contributed by atoms with Gasteiger partial charge in [-0.1, -0.05) is 43.7 Å². The Bertz CT molecular complexity index is 730. The van der Waals surface area contributed by atoms with Crippen LogP contribution in [0.2, 0.25) is 0 Å². The predicted octanol–water partition coefficient (Wildman–Crippen LogP) is 3.52. The van der Waals surface area contributed by atoms with E-state index in [4.69, 9.17) is 0 Å². The monoisotopic (exact) mass is 294 g/mol. The first-order chi connectivity index (χ1) is 10.8. The van der Waals surface area contributed by atoms with Crippen LogP contribution in [-0.4, -0.2) is 28.4 Å². The van der Waals surface area contributed by atoms with Gasteiger partial charge in [0.05, 0.1) is 12.5 Å². The Morgan fingerprint density at radius 3 is 3.00 bits per heavy atom.